The molecule has 1 aliphatic carbocycles. The van der Waals surface area contributed by atoms with Crippen LogP contribution in [-0.2, 0) is 31.7 Å². The molecule has 0 spiro atoms. The molecule has 0 bridgehead atoms. The topological polar surface area (TPSA) is 76.3 Å². The van der Waals surface area contributed by atoms with Crippen LogP contribution in [0.1, 0.15) is 16.8 Å². The predicted molar refractivity (Wildman–Crippen MR) is 119 cm³/mol. The van der Waals surface area contributed by atoms with Gasteiger partial charge in [0.1, 0.15) is 12.2 Å². The Bertz CT molecular complexity index is 1310. The van der Waals surface area contributed by atoms with Gasteiger partial charge in [-0.15, -0.1) is 0 Å². The summed E-state index contributed by atoms with van der Waals surface area (Å²) in [5.74, 6) is -0.274. The van der Waals surface area contributed by atoms with Crippen molar-refractivity contribution in [3.8, 4) is 0 Å². The van der Waals surface area contributed by atoms with Crippen LogP contribution in [0.3, 0.4) is 0 Å². The standard InChI is InChI=1S/C23H24N4O3/c1-5-27(21-14(2)25(3)23(30)26(4)22(21)29)13-19(28)24-18-12-11-16-10-9-15-7-6-8-17(18)20(15)16/h5-8,11-12H,1,9-10,13H2,2-4H3,(H,24,28). The number of hydrogen-bond acceptors (Lipinski definition) is 4. The van der Waals surface area contributed by atoms with E-state index in [0.29, 0.717) is 5.69 Å². The number of hydrogen-bond donors (Lipinski definition) is 1. The molecule has 1 aliphatic rings. The van der Waals surface area contributed by atoms with Crippen LogP contribution in [0.15, 0.2) is 52.7 Å². The molecular formula is C23H24N4O3. The van der Waals surface area contributed by atoms with Crippen molar-refractivity contribution in [3.63, 3.8) is 0 Å². The lowest BCUT2D eigenvalue weighted by Crippen LogP contribution is -2.43. The van der Waals surface area contributed by atoms with E-state index in [1.165, 1.54) is 39.2 Å². The fraction of sp³-hybridized carbons (Fsp3) is 0.261. The zero-order valence-electron chi connectivity index (χ0n) is 17.4. The third kappa shape index (κ3) is 3.03. The molecule has 4 rings (SSSR count). The van der Waals surface area contributed by atoms with Gasteiger partial charge in [-0.2, -0.15) is 0 Å². The highest BCUT2D eigenvalue weighted by atomic mass is 16.2. The van der Waals surface area contributed by atoms with E-state index in [1.807, 2.05) is 18.2 Å². The van der Waals surface area contributed by atoms with E-state index in [4.69, 9.17) is 0 Å². The summed E-state index contributed by atoms with van der Waals surface area (Å²) in [7, 11) is 3.01. The summed E-state index contributed by atoms with van der Waals surface area (Å²) in [6.45, 7) is 5.33. The monoisotopic (exact) mass is 404 g/mol. The molecule has 1 heterocycles. The summed E-state index contributed by atoms with van der Waals surface area (Å²) in [6.07, 6.45) is 3.47. The Hall–Kier alpha value is -3.61. The van der Waals surface area contributed by atoms with Crippen LogP contribution in [0.2, 0.25) is 0 Å². The molecule has 3 aromatic rings. The van der Waals surface area contributed by atoms with Crippen LogP contribution in [0.4, 0.5) is 11.4 Å². The number of aryl methyl sites for hydroxylation is 2. The molecule has 0 unspecified atom stereocenters. The number of anilines is 2. The van der Waals surface area contributed by atoms with Gasteiger partial charge in [0.15, 0.2) is 0 Å². The normalized spacial score (nSPS) is 12.2. The third-order valence-electron chi connectivity index (χ3n) is 5.90. The molecule has 0 radical (unpaired) electrons. The second-order valence-corrected chi connectivity index (χ2v) is 7.61. The molecule has 0 fully saturated rings. The molecule has 7 nitrogen and oxygen atoms in total. The average molecular weight is 404 g/mol. The van der Waals surface area contributed by atoms with E-state index in [1.54, 1.807) is 14.0 Å². The van der Waals surface area contributed by atoms with Gasteiger partial charge in [0.05, 0.1) is 0 Å². The molecule has 0 saturated carbocycles. The van der Waals surface area contributed by atoms with Crippen molar-refractivity contribution in [3.05, 3.63) is 80.8 Å². The van der Waals surface area contributed by atoms with Crippen molar-refractivity contribution >= 4 is 28.1 Å². The number of nitrogens with one attached hydrogen (secondary N) is 1. The number of benzene rings is 2. The summed E-state index contributed by atoms with van der Waals surface area (Å²) in [6, 6.07) is 10.1. The Kier molecular flexibility index (Phi) is 4.81. The molecule has 7 heteroatoms. The Morgan fingerprint density at radius 1 is 1.13 bits per heavy atom. The van der Waals surface area contributed by atoms with Crippen LogP contribution >= 0.6 is 0 Å². The second kappa shape index (κ2) is 7.33. The van der Waals surface area contributed by atoms with E-state index >= 15 is 0 Å². The number of amides is 1. The maximum absolute atomic E-state index is 12.9. The fourth-order valence-electron chi connectivity index (χ4n) is 4.19. The Morgan fingerprint density at radius 3 is 2.53 bits per heavy atom. The minimum absolute atomic E-state index is 0.0965. The quantitative estimate of drug-likeness (QED) is 0.708. The second-order valence-electron chi connectivity index (χ2n) is 7.61. The number of carbonyl (C=O) groups is 1. The van der Waals surface area contributed by atoms with Gasteiger partial charge >= 0.3 is 5.69 Å². The summed E-state index contributed by atoms with van der Waals surface area (Å²) in [5.41, 5.74) is 3.20. The van der Waals surface area contributed by atoms with Gasteiger partial charge in [0, 0.05) is 30.9 Å². The van der Waals surface area contributed by atoms with Gasteiger partial charge < -0.3 is 10.2 Å². The van der Waals surface area contributed by atoms with Gasteiger partial charge in [-0.3, -0.25) is 18.7 Å². The molecule has 0 aliphatic heterocycles. The SMILES string of the molecule is C=CN(CC(=O)Nc1ccc2c3c(cccc13)CC2)c1c(C)n(C)c(=O)n(C)c1=O. The first kappa shape index (κ1) is 19.7. The van der Waals surface area contributed by atoms with Crippen LogP contribution in [0, 0.1) is 6.92 Å². The lowest BCUT2D eigenvalue weighted by atomic mass is 10.0. The van der Waals surface area contributed by atoms with E-state index in [-0.39, 0.29) is 18.1 Å². The Labute approximate surface area is 173 Å². The third-order valence-corrected chi connectivity index (χ3v) is 5.90. The minimum atomic E-state index is -0.464. The van der Waals surface area contributed by atoms with Gasteiger partial charge in [-0.25, -0.2) is 4.79 Å². The highest BCUT2D eigenvalue weighted by Crippen LogP contribution is 2.35. The lowest BCUT2D eigenvalue weighted by Gasteiger charge is -2.23. The van der Waals surface area contributed by atoms with E-state index in [9.17, 15) is 14.4 Å². The summed E-state index contributed by atoms with van der Waals surface area (Å²) in [5, 5.41) is 5.22. The molecular weight excluding hydrogens is 380 g/mol. The highest BCUT2D eigenvalue weighted by molar-refractivity contribution is 6.06. The van der Waals surface area contributed by atoms with Crippen molar-refractivity contribution in [1.29, 1.82) is 0 Å². The predicted octanol–water partition coefficient (Wildman–Crippen LogP) is 2.23. The van der Waals surface area contributed by atoms with Crippen molar-refractivity contribution in [1.82, 2.24) is 9.13 Å². The maximum atomic E-state index is 12.9. The van der Waals surface area contributed by atoms with Gasteiger partial charge in [-0.1, -0.05) is 30.8 Å². The van der Waals surface area contributed by atoms with Gasteiger partial charge in [0.2, 0.25) is 5.91 Å². The molecule has 0 atom stereocenters. The first-order valence-corrected chi connectivity index (χ1v) is 9.82. The van der Waals surface area contributed by atoms with E-state index in [2.05, 4.69) is 24.0 Å². The molecule has 1 aromatic heterocycles. The Morgan fingerprint density at radius 2 is 1.83 bits per heavy atom. The maximum Gasteiger partial charge on any atom is 0.330 e. The largest absolute Gasteiger partial charge is 0.333 e. The zero-order chi connectivity index (χ0) is 21.6. The van der Waals surface area contributed by atoms with Crippen molar-refractivity contribution in [2.75, 3.05) is 16.8 Å². The molecule has 0 saturated heterocycles. The lowest BCUT2D eigenvalue weighted by molar-refractivity contribution is -0.114. The van der Waals surface area contributed by atoms with Gasteiger partial charge in [-0.05, 0) is 48.5 Å². The Balaban J connectivity index is 1.65. The summed E-state index contributed by atoms with van der Waals surface area (Å²) >= 11 is 0. The fourth-order valence-corrected chi connectivity index (χ4v) is 4.19. The molecule has 2 aromatic carbocycles. The number of rotatable bonds is 5. The first-order valence-electron chi connectivity index (χ1n) is 9.82. The van der Waals surface area contributed by atoms with Gasteiger partial charge in [0.25, 0.3) is 5.56 Å². The van der Waals surface area contributed by atoms with Crippen LogP contribution in [0.25, 0.3) is 10.8 Å². The summed E-state index contributed by atoms with van der Waals surface area (Å²) < 4.78 is 2.41. The van der Waals surface area contributed by atoms with Crippen molar-refractivity contribution in [2.45, 2.75) is 19.8 Å². The van der Waals surface area contributed by atoms with Crippen LogP contribution in [0.5, 0.6) is 0 Å². The van der Waals surface area contributed by atoms with E-state index in [0.717, 1.165) is 28.5 Å². The van der Waals surface area contributed by atoms with Crippen molar-refractivity contribution < 1.29 is 4.79 Å². The molecule has 1 amide bonds. The van der Waals surface area contributed by atoms with Crippen molar-refractivity contribution in [2.24, 2.45) is 14.1 Å². The first-order chi connectivity index (χ1) is 14.3. The van der Waals surface area contributed by atoms with Crippen LogP contribution in [-0.4, -0.2) is 21.6 Å². The average Bonchev–Trinajstić information content (AvgIpc) is 3.17. The molecule has 154 valence electrons. The smallest absolute Gasteiger partial charge is 0.330 e. The minimum Gasteiger partial charge on any atom is -0.333 e. The highest BCUT2D eigenvalue weighted by Gasteiger charge is 2.21. The number of carbonyl (C=O) groups excluding carboxylic acids is 1. The van der Waals surface area contributed by atoms with E-state index < -0.39 is 11.2 Å². The van der Waals surface area contributed by atoms with Crippen LogP contribution < -0.4 is 21.5 Å². The zero-order valence-corrected chi connectivity index (χ0v) is 17.4. The molecule has 1 N–H and O–H groups in total. The summed E-state index contributed by atoms with van der Waals surface area (Å²) in [4.78, 5) is 39.2. The number of aromatic nitrogens is 2. The molecule has 30 heavy (non-hydrogen) atoms. The number of nitrogens with zero attached hydrogens (tertiary/aromatic N) is 3.